The highest BCUT2D eigenvalue weighted by molar-refractivity contribution is 6.32. The molecule has 2 heterocycles. The highest BCUT2D eigenvalue weighted by atomic mass is 35.5. The number of nitrogens with two attached hydrogens (primary N) is 1. The molecule has 0 bridgehead atoms. The van der Waals surface area contributed by atoms with Crippen molar-refractivity contribution < 1.29 is 0 Å². The van der Waals surface area contributed by atoms with Crippen LogP contribution in [0.5, 0.6) is 0 Å². The summed E-state index contributed by atoms with van der Waals surface area (Å²) in [6.07, 6.45) is 4.92. The Kier molecular flexibility index (Phi) is 2.53. The van der Waals surface area contributed by atoms with Gasteiger partial charge in [-0.3, -0.25) is 9.99 Å². The van der Waals surface area contributed by atoms with Gasteiger partial charge in [-0.05, 0) is 6.92 Å². The molecule has 2 rings (SSSR count). The van der Waals surface area contributed by atoms with Gasteiger partial charge in [0, 0.05) is 12.4 Å². The molecule has 0 saturated heterocycles. The number of nitrogen functional groups attached to an aromatic ring is 1. The van der Waals surface area contributed by atoms with Crippen molar-refractivity contribution >= 4 is 17.5 Å². The minimum absolute atomic E-state index is 0.308. The highest BCUT2D eigenvalue weighted by Crippen LogP contribution is 2.19. The van der Waals surface area contributed by atoms with Crippen LogP contribution >= 0.6 is 11.6 Å². The van der Waals surface area contributed by atoms with E-state index in [1.165, 1.54) is 6.20 Å². The zero-order valence-electron chi connectivity index (χ0n) is 7.98. The molecular weight excluding hydrogens is 216 g/mol. The topological polar surface area (TPSA) is 81.7 Å². The van der Waals surface area contributed by atoms with Crippen molar-refractivity contribution in [1.82, 2.24) is 19.5 Å². The van der Waals surface area contributed by atoms with Crippen LogP contribution in [0.15, 0.2) is 18.6 Å². The number of aryl methyl sites for hydroxylation is 1. The van der Waals surface area contributed by atoms with Gasteiger partial charge in [0.2, 0.25) is 5.95 Å². The first-order chi connectivity index (χ1) is 7.22. The molecule has 0 fully saturated rings. The van der Waals surface area contributed by atoms with E-state index in [2.05, 4.69) is 20.4 Å². The maximum Gasteiger partial charge on any atom is 0.239 e. The number of aromatic nitrogens is 4. The van der Waals surface area contributed by atoms with E-state index in [1.807, 2.05) is 6.92 Å². The van der Waals surface area contributed by atoms with Crippen molar-refractivity contribution in [2.45, 2.75) is 6.92 Å². The molecule has 0 aromatic carbocycles. The molecule has 0 radical (unpaired) electrons. The zero-order valence-corrected chi connectivity index (χ0v) is 8.73. The molecule has 0 unspecified atom stereocenters. The second-order valence-corrected chi connectivity index (χ2v) is 3.26. The molecule has 7 heteroatoms. The Hall–Kier alpha value is -1.66. The number of imidazole rings is 1. The highest BCUT2D eigenvalue weighted by Gasteiger charge is 2.08. The van der Waals surface area contributed by atoms with Gasteiger partial charge in [0.1, 0.15) is 10.8 Å². The van der Waals surface area contributed by atoms with Crippen molar-refractivity contribution in [2.24, 2.45) is 5.84 Å². The molecule has 0 amide bonds. The van der Waals surface area contributed by atoms with Crippen LogP contribution in [0.25, 0.3) is 5.82 Å². The number of halogens is 1. The normalized spacial score (nSPS) is 10.3. The Morgan fingerprint density at radius 3 is 2.87 bits per heavy atom. The monoisotopic (exact) mass is 224 g/mol. The van der Waals surface area contributed by atoms with Gasteiger partial charge in [0.15, 0.2) is 5.82 Å². The number of nitrogens with zero attached hydrogens (tertiary/aromatic N) is 4. The Morgan fingerprint density at radius 1 is 1.47 bits per heavy atom. The van der Waals surface area contributed by atoms with Crippen LogP contribution in [0.1, 0.15) is 5.82 Å². The van der Waals surface area contributed by atoms with Crippen LogP contribution in [-0.2, 0) is 0 Å². The summed E-state index contributed by atoms with van der Waals surface area (Å²) in [5, 5.41) is 0.440. The van der Waals surface area contributed by atoms with Crippen molar-refractivity contribution in [2.75, 3.05) is 5.43 Å². The first kappa shape index (κ1) is 9.88. The minimum atomic E-state index is 0.308. The Balaban J connectivity index is 2.56. The molecule has 6 nitrogen and oxygen atoms in total. The van der Waals surface area contributed by atoms with Crippen molar-refractivity contribution in [3.8, 4) is 5.82 Å². The van der Waals surface area contributed by atoms with E-state index in [9.17, 15) is 0 Å². The third kappa shape index (κ3) is 1.77. The maximum absolute atomic E-state index is 5.97. The first-order valence-corrected chi connectivity index (χ1v) is 4.59. The van der Waals surface area contributed by atoms with E-state index in [0.29, 0.717) is 16.8 Å². The van der Waals surface area contributed by atoms with E-state index in [4.69, 9.17) is 17.4 Å². The Labute approximate surface area is 91.1 Å². The van der Waals surface area contributed by atoms with Crippen molar-refractivity contribution in [1.29, 1.82) is 0 Å². The standard InChI is InChI=1S/C8H9ClN6/c1-5-11-2-3-15(5)7-6(9)4-12-8(13-7)14-10/h2-4H,10H2,1H3,(H,12,13,14). The molecule has 0 spiro atoms. The number of nitrogens with one attached hydrogen (secondary N) is 1. The molecule has 15 heavy (non-hydrogen) atoms. The van der Waals surface area contributed by atoms with Gasteiger partial charge in [-0.15, -0.1) is 0 Å². The summed E-state index contributed by atoms with van der Waals surface area (Å²) < 4.78 is 1.75. The maximum atomic E-state index is 5.97. The molecule has 3 N–H and O–H groups in total. The number of anilines is 1. The summed E-state index contributed by atoms with van der Waals surface area (Å²) in [5.74, 6) is 6.87. The lowest BCUT2D eigenvalue weighted by atomic mass is 10.5. The summed E-state index contributed by atoms with van der Waals surface area (Å²) in [7, 11) is 0. The minimum Gasteiger partial charge on any atom is -0.292 e. The molecule has 0 aliphatic heterocycles. The van der Waals surface area contributed by atoms with E-state index >= 15 is 0 Å². The van der Waals surface area contributed by atoms with Gasteiger partial charge in [-0.25, -0.2) is 15.8 Å². The van der Waals surface area contributed by atoms with E-state index in [0.717, 1.165) is 5.82 Å². The van der Waals surface area contributed by atoms with Gasteiger partial charge in [0.05, 0.1) is 6.20 Å². The third-order valence-corrected chi connectivity index (χ3v) is 2.18. The summed E-state index contributed by atoms with van der Waals surface area (Å²) >= 11 is 5.97. The number of hydrogen-bond donors (Lipinski definition) is 2. The van der Waals surface area contributed by atoms with E-state index in [-0.39, 0.29) is 0 Å². The van der Waals surface area contributed by atoms with Gasteiger partial charge in [-0.1, -0.05) is 11.6 Å². The average Bonchev–Trinajstić information content (AvgIpc) is 2.65. The molecule has 0 aliphatic rings. The van der Waals surface area contributed by atoms with Crippen LogP contribution in [0.2, 0.25) is 5.02 Å². The molecular formula is C8H9ClN6. The zero-order chi connectivity index (χ0) is 10.8. The number of rotatable bonds is 2. The largest absolute Gasteiger partial charge is 0.292 e. The molecule has 0 aliphatic carbocycles. The van der Waals surface area contributed by atoms with Crippen LogP contribution in [0.4, 0.5) is 5.95 Å². The van der Waals surface area contributed by atoms with E-state index < -0.39 is 0 Å². The van der Waals surface area contributed by atoms with Gasteiger partial charge in [-0.2, -0.15) is 4.98 Å². The lowest BCUT2D eigenvalue weighted by molar-refractivity contribution is 0.919. The van der Waals surface area contributed by atoms with Gasteiger partial charge < -0.3 is 0 Å². The summed E-state index contributed by atoms with van der Waals surface area (Å²) in [6, 6.07) is 0. The fourth-order valence-corrected chi connectivity index (χ4v) is 1.38. The molecule has 0 saturated carbocycles. The van der Waals surface area contributed by atoms with Crippen LogP contribution in [0.3, 0.4) is 0 Å². The second kappa shape index (κ2) is 3.84. The average molecular weight is 225 g/mol. The third-order valence-electron chi connectivity index (χ3n) is 1.91. The number of hydrogen-bond acceptors (Lipinski definition) is 5. The number of hydrazine groups is 1. The van der Waals surface area contributed by atoms with Crippen molar-refractivity contribution in [3.63, 3.8) is 0 Å². The predicted octanol–water partition coefficient (Wildman–Crippen LogP) is 0.910. The quantitative estimate of drug-likeness (QED) is 0.585. The Bertz CT molecular complexity index is 480. The summed E-state index contributed by atoms with van der Waals surface area (Å²) in [4.78, 5) is 12.1. The second-order valence-electron chi connectivity index (χ2n) is 2.85. The van der Waals surface area contributed by atoms with Crippen LogP contribution in [-0.4, -0.2) is 19.5 Å². The SMILES string of the molecule is Cc1nccn1-c1nc(NN)ncc1Cl. The van der Waals surface area contributed by atoms with Gasteiger partial charge >= 0.3 is 0 Å². The summed E-state index contributed by atoms with van der Waals surface area (Å²) in [6.45, 7) is 1.86. The van der Waals surface area contributed by atoms with Crippen molar-refractivity contribution in [3.05, 3.63) is 29.4 Å². The molecule has 0 atom stereocenters. The van der Waals surface area contributed by atoms with E-state index in [1.54, 1.807) is 17.0 Å². The first-order valence-electron chi connectivity index (χ1n) is 4.22. The fourth-order valence-electron chi connectivity index (χ4n) is 1.20. The lowest BCUT2D eigenvalue weighted by Gasteiger charge is -2.07. The summed E-state index contributed by atoms with van der Waals surface area (Å²) in [5.41, 5.74) is 2.36. The smallest absolute Gasteiger partial charge is 0.239 e. The van der Waals surface area contributed by atoms with Gasteiger partial charge in [0.25, 0.3) is 0 Å². The molecule has 2 aromatic heterocycles. The fraction of sp³-hybridized carbons (Fsp3) is 0.125. The van der Waals surface area contributed by atoms with Crippen LogP contribution < -0.4 is 11.3 Å². The molecule has 78 valence electrons. The Morgan fingerprint density at radius 2 is 2.27 bits per heavy atom. The van der Waals surface area contributed by atoms with Crippen LogP contribution in [0, 0.1) is 6.92 Å². The lowest BCUT2D eigenvalue weighted by Crippen LogP contribution is -2.12. The molecule has 2 aromatic rings. The predicted molar refractivity (Wildman–Crippen MR) is 56.7 cm³/mol.